The maximum atomic E-state index is 12.8. The number of aromatic nitrogens is 1. The summed E-state index contributed by atoms with van der Waals surface area (Å²) in [6.45, 7) is 1.34. The first-order valence-electron chi connectivity index (χ1n) is 4.10. The van der Waals surface area contributed by atoms with E-state index in [0.717, 1.165) is 4.57 Å². The van der Waals surface area contributed by atoms with Gasteiger partial charge in [0.25, 0.3) is 0 Å². The molecule has 0 aliphatic rings. The summed E-state index contributed by atoms with van der Waals surface area (Å²) in [6.07, 6.45) is 0. The lowest BCUT2D eigenvalue weighted by atomic mass is 10.2. The molecule has 2 rings (SSSR count). The Bertz CT molecular complexity index is 516. The normalized spacial score (nSPS) is 10.7. The third-order valence-electron chi connectivity index (χ3n) is 2.06. The highest BCUT2D eigenvalue weighted by molar-refractivity contribution is 5.93. The van der Waals surface area contributed by atoms with Crippen LogP contribution in [0, 0.1) is 5.82 Å². The third-order valence-corrected chi connectivity index (χ3v) is 2.06. The van der Waals surface area contributed by atoms with Crippen molar-refractivity contribution >= 4 is 16.8 Å². The van der Waals surface area contributed by atoms with Crippen molar-refractivity contribution in [2.75, 3.05) is 0 Å². The van der Waals surface area contributed by atoms with Gasteiger partial charge in [0.1, 0.15) is 5.82 Å². The van der Waals surface area contributed by atoms with Crippen LogP contribution in [0.2, 0.25) is 0 Å². The molecule has 0 aliphatic heterocycles. The first kappa shape index (κ1) is 8.74. The smallest absolute Gasteiger partial charge is 0.230 e. The van der Waals surface area contributed by atoms with E-state index in [1.165, 1.54) is 31.2 Å². The van der Waals surface area contributed by atoms with Crippen molar-refractivity contribution in [2.24, 2.45) is 0 Å². The Morgan fingerprint density at radius 3 is 2.79 bits per heavy atom. The van der Waals surface area contributed by atoms with E-state index in [0.29, 0.717) is 10.9 Å². The maximum absolute atomic E-state index is 12.8. The topological polar surface area (TPSA) is 42.2 Å². The highest BCUT2D eigenvalue weighted by Gasteiger charge is 2.10. The molecule has 1 aromatic heterocycles. The first-order chi connectivity index (χ1) is 6.59. The molecule has 0 aliphatic carbocycles. The van der Waals surface area contributed by atoms with E-state index in [1.54, 1.807) is 0 Å². The number of halogens is 1. The fourth-order valence-corrected chi connectivity index (χ4v) is 1.50. The number of hydrogen-bond acceptors (Lipinski definition) is 2. The van der Waals surface area contributed by atoms with Crippen molar-refractivity contribution < 1.29 is 14.3 Å². The minimum atomic E-state index is -0.391. The molecule has 1 aromatic carbocycles. The number of fused-ring (bicyclic) bond motifs is 1. The van der Waals surface area contributed by atoms with Gasteiger partial charge >= 0.3 is 0 Å². The maximum Gasteiger partial charge on any atom is 0.230 e. The Balaban J connectivity index is 2.84. The summed E-state index contributed by atoms with van der Waals surface area (Å²) in [5, 5.41) is 9.93. The van der Waals surface area contributed by atoms with Crippen molar-refractivity contribution in [3.8, 4) is 5.88 Å². The van der Waals surface area contributed by atoms with Crippen LogP contribution < -0.4 is 0 Å². The Morgan fingerprint density at radius 1 is 1.43 bits per heavy atom. The van der Waals surface area contributed by atoms with Crippen LogP contribution in [0.25, 0.3) is 10.9 Å². The average molecular weight is 193 g/mol. The molecule has 0 bridgehead atoms. The number of benzene rings is 1. The lowest BCUT2D eigenvalue weighted by molar-refractivity contribution is 0.0933. The summed E-state index contributed by atoms with van der Waals surface area (Å²) in [6, 6.07) is 5.35. The largest absolute Gasteiger partial charge is 0.494 e. The lowest BCUT2D eigenvalue weighted by Gasteiger charge is -2.00. The SMILES string of the molecule is CC(=O)n1c(O)cc2cc(F)ccc21. The van der Waals surface area contributed by atoms with E-state index in [4.69, 9.17) is 0 Å². The fraction of sp³-hybridized carbons (Fsp3) is 0.100. The zero-order chi connectivity index (χ0) is 10.3. The molecule has 0 radical (unpaired) electrons. The van der Waals surface area contributed by atoms with Gasteiger partial charge in [0.2, 0.25) is 5.91 Å². The highest BCUT2D eigenvalue weighted by atomic mass is 19.1. The first-order valence-corrected chi connectivity index (χ1v) is 4.10. The molecule has 4 heteroatoms. The fourth-order valence-electron chi connectivity index (χ4n) is 1.50. The molecule has 0 saturated heterocycles. The standard InChI is InChI=1S/C10H8FNO2/c1-6(13)12-9-3-2-8(11)4-7(9)5-10(12)14/h2-5,14H,1H3. The van der Waals surface area contributed by atoms with E-state index in [-0.39, 0.29) is 11.8 Å². The quantitative estimate of drug-likeness (QED) is 0.696. The van der Waals surface area contributed by atoms with Crippen molar-refractivity contribution in [1.82, 2.24) is 4.57 Å². The van der Waals surface area contributed by atoms with Gasteiger partial charge in [-0.2, -0.15) is 0 Å². The van der Waals surface area contributed by atoms with Crippen LogP contribution in [0.15, 0.2) is 24.3 Å². The molecule has 0 fully saturated rings. The number of carbonyl (C=O) groups is 1. The molecule has 3 nitrogen and oxygen atoms in total. The van der Waals surface area contributed by atoms with Gasteiger partial charge in [0, 0.05) is 18.4 Å². The zero-order valence-electron chi connectivity index (χ0n) is 7.49. The van der Waals surface area contributed by atoms with Crippen LogP contribution >= 0.6 is 0 Å². The second-order valence-electron chi connectivity index (χ2n) is 3.06. The monoisotopic (exact) mass is 193 g/mol. The number of hydrogen-bond donors (Lipinski definition) is 1. The van der Waals surface area contributed by atoms with E-state index in [2.05, 4.69) is 0 Å². The molecule has 14 heavy (non-hydrogen) atoms. The van der Waals surface area contributed by atoms with Gasteiger partial charge < -0.3 is 5.11 Å². The number of carbonyl (C=O) groups excluding carboxylic acids is 1. The molecule has 1 N–H and O–H groups in total. The second kappa shape index (κ2) is 2.83. The summed E-state index contributed by atoms with van der Waals surface area (Å²) >= 11 is 0. The molecule has 1 heterocycles. The Hall–Kier alpha value is -1.84. The molecular weight excluding hydrogens is 185 g/mol. The van der Waals surface area contributed by atoms with Crippen LogP contribution in [0.1, 0.15) is 11.7 Å². The summed E-state index contributed by atoms with van der Waals surface area (Å²) in [4.78, 5) is 11.1. The van der Waals surface area contributed by atoms with Crippen LogP contribution in [0.3, 0.4) is 0 Å². The predicted octanol–water partition coefficient (Wildman–Crippen LogP) is 2.15. The van der Waals surface area contributed by atoms with Gasteiger partial charge in [-0.1, -0.05) is 0 Å². The summed E-state index contributed by atoms with van der Waals surface area (Å²) in [5.41, 5.74) is 0.511. The summed E-state index contributed by atoms with van der Waals surface area (Å²) < 4.78 is 13.9. The van der Waals surface area contributed by atoms with Gasteiger partial charge in [-0.05, 0) is 18.2 Å². The van der Waals surface area contributed by atoms with Gasteiger partial charge in [-0.25, -0.2) is 4.39 Å². The molecule has 0 spiro atoms. The van der Waals surface area contributed by atoms with Crippen molar-refractivity contribution in [1.29, 1.82) is 0 Å². The van der Waals surface area contributed by atoms with E-state index >= 15 is 0 Å². The van der Waals surface area contributed by atoms with Gasteiger partial charge in [0.15, 0.2) is 5.88 Å². The van der Waals surface area contributed by atoms with Gasteiger partial charge in [-0.3, -0.25) is 9.36 Å². The van der Waals surface area contributed by atoms with Crippen molar-refractivity contribution in [3.63, 3.8) is 0 Å². The Labute approximate surface area is 79.4 Å². The number of aromatic hydroxyl groups is 1. The molecule has 72 valence electrons. The Morgan fingerprint density at radius 2 is 2.14 bits per heavy atom. The van der Waals surface area contributed by atoms with Crippen LogP contribution in [-0.2, 0) is 0 Å². The van der Waals surface area contributed by atoms with Gasteiger partial charge in [0.05, 0.1) is 5.52 Å². The van der Waals surface area contributed by atoms with E-state index < -0.39 is 5.82 Å². The predicted molar refractivity (Wildman–Crippen MR) is 49.9 cm³/mol. The van der Waals surface area contributed by atoms with Crippen LogP contribution in [-0.4, -0.2) is 15.6 Å². The minimum absolute atomic E-state index is 0.168. The van der Waals surface area contributed by atoms with Crippen molar-refractivity contribution in [2.45, 2.75) is 6.92 Å². The van der Waals surface area contributed by atoms with Crippen LogP contribution in [0.4, 0.5) is 4.39 Å². The second-order valence-corrected chi connectivity index (χ2v) is 3.06. The Kier molecular flexibility index (Phi) is 1.77. The van der Waals surface area contributed by atoms with Crippen molar-refractivity contribution in [3.05, 3.63) is 30.1 Å². The highest BCUT2D eigenvalue weighted by Crippen LogP contribution is 2.24. The number of nitrogens with zero attached hydrogens (tertiary/aromatic N) is 1. The average Bonchev–Trinajstić information content (AvgIpc) is 2.39. The zero-order valence-corrected chi connectivity index (χ0v) is 7.49. The minimum Gasteiger partial charge on any atom is -0.494 e. The molecule has 0 unspecified atom stereocenters. The summed E-state index contributed by atoms with van der Waals surface area (Å²) in [5.74, 6) is -0.861. The lowest BCUT2D eigenvalue weighted by Crippen LogP contribution is -2.03. The van der Waals surface area contributed by atoms with Crippen LogP contribution in [0.5, 0.6) is 5.88 Å². The molecule has 0 atom stereocenters. The van der Waals surface area contributed by atoms with E-state index in [1.807, 2.05) is 0 Å². The third kappa shape index (κ3) is 1.16. The molecule has 0 saturated carbocycles. The summed E-state index contributed by atoms with van der Waals surface area (Å²) in [7, 11) is 0. The molecule has 2 aromatic rings. The van der Waals surface area contributed by atoms with Gasteiger partial charge in [-0.15, -0.1) is 0 Å². The molecular formula is C10H8FNO2. The number of rotatable bonds is 0. The molecule has 0 amide bonds. The van der Waals surface area contributed by atoms with E-state index in [9.17, 15) is 14.3 Å².